The second kappa shape index (κ2) is 8.68. The van der Waals surface area contributed by atoms with E-state index in [1.165, 1.54) is 11.5 Å². The quantitative estimate of drug-likeness (QED) is 0.302. The number of anilines is 1. The maximum absolute atomic E-state index is 13.3. The van der Waals surface area contributed by atoms with Crippen molar-refractivity contribution in [1.29, 1.82) is 0 Å². The molecule has 0 saturated carbocycles. The number of nitrogens with zero attached hydrogens (tertiary/aromatic N) is 1. The first-order chi connectivity index (χ1) is 16.0. The molecule has 0 fully saturated rings. The van der Waals surface area contributed by atoms with Gasteiger partial charge in [0, 0.05) is 33.3 Å². The molecule has 0 bridgehead atoms. The van der Waals surface area contributed by atoms with Crippen LogP contribution in [0.1, 0.15) is 29.7 Å². The Hall–Kier alpha value is -3.70. The maximum Gasteiger partial charge on any atom is 0.196 e. The SMILES string of the molecule is Cc1cc(C(C)Nc2ccccc2-c2ccsn2)c2oc(-c3ccccc3)c(C)c(=O)c2c1. The molecule has 0 radical (unpaired) electrons. The molecule has 2 heterocycles. The number of rotatable bonds is 5. The number of para-hydroxylation sites is 1. The van der Waals surface area contributed by atoms with Gasteiger partial charge in [-0.3, -0.25) is 4.79 Å². The lowest BCUT2D eigenvalue weighted by Crippen LogP contribution is -2.12. The Morgan fingerprint density at radius 1 is 0.970 bits per heavy atom. The van der Waals surface area contributed by atoms with Gasteiger partial charge in [-0.2, -0.15) is 4.37 Å². The van der Waals surface area contributed by atoms with Crippen LogP contribution in [-0.2, 0) is 0 Å². The van der Waals surface area contributed by atoms with Crippen molar-refractivity contribution in [2.45, 2.75) is 26.8 Å². The summed E-state index contributed by atoms with van der Waals surface area (Å²) in [5.74, 6) is 0.619. The molecule has 0 aliphatic rings. The molecule has 1 N–H and O–H groups in total. The Bertz CT molecular complexity index is 1490. The predicted molar refractivity (Wildman–Crippen MR) is 137 cm³/mol. The van der Waals surface area contributed by atoms with Gasteiger partial charge in [-0.15, -0.1) is 0 Å². The summed E-state index contributed by atoms with van der Waals surface area (Å²) >= 11 is 1.44. The van der Waals surface area contributed by atoms with Crippen molar-refractivity contribution in [3.8, 4) is 22.6 Å². The number of benzene rings is 3. The van der Waals surface area contributed by atoms with E-state index in [4.69, 9.17) is 4.42 Å². The standard InChI is InChI=1S/C28H24N2O2S/c1-17-15-22(19(3)29-24-12-8-7-11-21(24)25-13-14-33-30-25)28-23(16-17)26(31)18(2)27(32-28)20-9-5-4-6-10-20/h4-16,19,29H,1-3H3. The van der Waals surface area contributed by atoms with Gasteiger partial charge in [0.2, 0.25) is 0 Å². The minimum absolute atomic E-state index is 0.00938. The fraction of sp³-hybridized carbons (Fsp3) is 0.143. The lowest BCUT2D eigenvalue weighted by molar-refractivity contribution is 0.605. The molecule has 0 spiro atoms. The van der Waals surface area contributed by atoms with Crippen LogP contribution < -0.4 is 10.7 Å². The van der Waals surface area contributed by atoms with Crippen molar-refractivity contribution < 1.29 is 4.42 Å². The van der Waals surface area contributed by atoms with Gasteiger partial charge in [0.15, 0.2) is 5.43 Å². The predicted octanol–water partition coefficient (Wildman–Crippen LogP) is 7.37. The Morgan fingerprint density at radius 2 is 1.73 bits per heavy atom. The molecule has 2 aromatic heterocycles. The number of aryl methyl sites for hydroxylation is 1. The maximum atomic E-state index is 13.3. The molecule has 33 heavy (non-hydrogen) atoms. The zero-order chi connectivity index (χ0) is 22.9. The first-order valence-electron chi connectivity index (χ1n) is 10.9. The molecule has 0 amide bonds. The highest BCUT2D eigenvalue weighted by atomic mass is 32.1. The summed E-state index contributed by atoms with van der Waals surface area (Å²) < 4.78 is 11.0. The van der Waals surface area contributed by atoms with Gasteiger partial charge in [0.05, 0.1) is 17.1 Å². The average Bonchev–Trinajstić information content (AvgIpc) is 3.37. The Kier molecular flexibility index (Phi) is 5.56. The molecule has 5 heteroatoms. The van der Waals surface area contributed by atoms with E-state index in [0.29, 0.717) is 22.3 Å². The largest absolute Gasteiger partial charge is 0.455 e. The Morgan fingerprint density at radius 3 is 2.48 bits per heavy atom. The number of nitrogens with one attached hydrogen (secondary N) is 1. The highest BCUT2D eigenvalue weighted by Gasteiger charge is 2.19. The molecule has 164 valence electrons. The average molecular weight is 453 g/mol. The third-order valence-electron chi connectivity index (χ3n) is 5.91. The van der Waals surface area contributed by atoms with Crippen molar-refractivity contribution in [3.05, 3.63) is 105 Å². The van der Waals surface area contributed by atoms with Crippen LogP contribution >= 0.6 is 11.5 Å². The third kappa shape index (κ3) is 3.96. The van der Waals surface area contributed by atoms with Crippen LogP contribution in [0.15, 0.2) is 87.4 Å². The third-order valence-corrected chi connectivity index (χ3v) is 6.47. The van der Waals surface area contributed by atoms with Gasteiger partial charge in [0.25, 0.3) is 0 Å². The van der Waals surface area contributed by atoms with Crippen LogP contribution in [-0.4, -0.2) is 4.37 Å². The van der Waals surface area contributed by atoms with Crippen LogP contribution in [0.25, 0.3) is 33.6 Å². The molecule has 3 aromatic carbocycles. The van der Waals surface area contributed by atoms with Gasteiger partial charge < -0.3 is 9.73 Å². The lowest BCUT2D eigenvalue weighted by Gasteiger charge is -2.20. The Balaban J connectivity index is 1.64. The van der Waals surface area contributed by atoms with Crippen molar-refractivity contribution in [2.24, 2.45) is 0 Å². The van der Waals surface area contributed by atoms with Gasteiger partial charge in [-0.1, -0.05) is 54.6 Å². The van der Waals surface area contributed by atoms with E-state index in [1.54, 1.807) is 0 Å². The fourth-order valence-corrected chi connectivity index (χ4v) is 4.77. The number of hydrogen-bond donors (Lipinski definition) is 1. The van der Waals surface area contributed by atoms with Gasteiger partial charge in [-0.05, 0) is 56.1 Å². The second-order valence-electron chi connectivity index (χ2n) is 8.28. The van der Waals surface area contributed by atoms with Gasteiger partial charge >= 0.3 is 0 Å². The summed E-state index contributed by atoms with van der Waals surface area (Å²) in [6.07, 6.45) is 0. The first kappa shape index (κ1) is 21.2. The molecule has 0 aliphatic carbocycles. The summed E-state index contributed by atoms with van der Waals surface area (Å²) in [7, 11) is 0. The van der Waals surface area contributed by atoms with Crippen LogP contribution in [0.4, 0.5) is 5.69 Å². The number of hydrogen-bond acceptors (Lipinski definition) is 5. The fourth-order valence-electron chi connectivity index (χ4n) is 4.25. The van der Waals surface area contributed by atoms with Crippen molar-refractivity contribution >= 4 is 28.2 Å². The van der Waals surface area contributed by atoms with Crippen LogP contribution in [0.3, 0.4) is 0 Å². The summed E-state index contributed by atoms with van der Waals surface area (Å²) in [6.45, 7) is 5.94. The van der Waals surface area contributed by atoms with Crippen LogP contribution in [0.2, 0.25) is 0 Å². The topological polar surface area (TPSA) is 55.1 Å². The number of aromatic nitrogens is 1. The first-order valence-corrected chi connectivity index (χ1v) is 11.8. The van der Waals surface area contributed by atoms with Gasteiger partial charge in [-0.25, -0.2) is 0 Å². The number of fused-ring (bicyclic) bond motifs is 1. The van der Waals surface area contributed by atoms with Crippen LogP contribution in [0, 0.1) is 13.8 Å². The minimum Gasteiger partial charge on any atom is -0.455 e. The van der Waals surface area contributed by atoms with Crippen molar-refractivity contribution in [1.82, 2.24) is 4.37 Å². The molecule has 5 aromatic rings. The van der Waals surface area contributed by atoms with E-state index >= 15 is 0 Å². The molecule has 1 atom stereocenters. The monoisotopic (exact) mass is 452 g/mol. The van der Waals surface area contributed by atoms with Crippen molar-refractivity contribution in [3.63, 3.8) is 0 Å². The summed E-state index contributed by atoms with van der Waals surface area (Å²) in [5, 5.41) is 6.22. The molecular weight excluding hydrogens is 428 g/mol. The molecule has 0 saturated heterocycles. The van der Waals surface area contributed by atoms with Crippen molar-refractivity contribution in [2.75, 3.05) is 5.32 Å². The minimum atomic E-state index is -0.0957. The molecular formula is C28H24N2O2S. The lowest BCUT2D eigenvalue weighted by atomic mass is 9.98. The normalized spacial score (nSPS) is 12.1. The van der Waals surface area contributed by atoms with E-state index in [1.807, 2.05) is 73.8 Å². The van der Waals surface area contributed by atoms with Crippen LogP contribution in [0.5, 0.6) is 0 Å². The summed E-state index contributed by atoms with van der Waals surface area (Å²) in [4.78, 5) is 13.3. The van der Waals surface area contributed by atoms with E-state index in [-0.39, 0.29) is 11.5 Å². The molecule has 0 aliphatic heterocycles. The second-order valence-corrected chi connectivity index (χ2v) is 8.94. The zero-order valence-corrected chi connectivity index (χ0v) is 19.6. The molecule has 1 unspecified atom stereocenters. The smallest absolute Gasteiger partial charge is 0.196 e. The van der Waals surface area contributed by atoms with E-state index < -0.39 is 0 Å². The summed E-state index contributed by atoms with van der Waals surface area (Å²) in [6, 6.07) is 23.9. The van der Waals surface area contributed by atoms with E-state index in [9.17, 15) is 4.79 Å². The highest BCUT2D eigenvalue weighted by Crippen LogP contribution is 2.34. The van der Waals surface area contributed by atoms with Gasteiger partial charge in [0.1, 0.15) is 11.3 Å². The zero-order valence-electron chi connectivity index (χ0n) is 18.8. The summed E-state index contributed by atoms with van der Waals surface area (Å²) in [5.41, 5.74) is 7.11. The molecule has 4 nitrogen and oxygen atoms in total. The highest BCUT2D eigenvalue weighted by molar-refractivity contribution is 7.03. The Labute approximate surface area is 196 Å². The van der Waals surface area contributed by atoms with E-state index in [2.05, 4.69) is 34.8 Å². The van der Waals surface area contributed by atoms with E-state index in [0.717, 1.165) is 33.6 Å². The molecule has 5 rings (SSSR count).